The predicted molar refractivity (Wildman–Crippen MR) is 76.4 cm³/mol. The smallest absolute Gasteiger partial charge is 0.136 e. The number of aromatic nitrogens is 2. The van der Waals surface area contributed by atoms with Gasteiger partial charge in [-0.1, -0.05) is 0 Å². The summed E-state index contributed by atoms with van der Waals surface area (Å²) in [6, 6.07) is 2.04. The minimum absolute atomic E-state index is 0.604. The van der Waals surface area contributed by atoms with Crippen LogP contribution in [-0.4, -0.2) is 23.6 Å². The van der Waals surface area contributed by atoms with Crippen LogP contribution in [-0.2, 0) is 0 Å². The molecule has 4 rings (SSSR count). The Bertz CT molecular complexity index is 487. The first-order chi connectivity index (χ1) is 9.29. The quantitative estimate of drug-likeness (QED) is 0.823. The highest BCUT2D eigenvalue weighted by Gasteiger charge is 2.53. The van der Waals surface area contributed by atoms with E-state index in [4.69, 9.17) is 4.98 Å². The van der Waals surface area contributed by atoms with Gasteiger partial charge in [-0.15, -0.1) is 0 Å². The molecular formula is C15H22N4. The van der Waals surface area contributed by atoms with Crippen LogP contribution in [0.3, 0.4) is 0 Å². The summed E-state index contributed by atoms with van der Waals surface area (Å²) in [6.45, 7) is 1.10. The molecule has 3 aliphatic carbocycles. The maximum Gasteiger partial charge on any atom is 0.136 e. The predicted octanol–water partition coefficient (Wildman–Crippen LogP) is 3.00. The van der Waals surface area contributed by atoms with Gasteiger partial charge >= 0.3 is 0 Å². The molecule has 19 heavy (non-hydrogen) atoms. The summed E-state index contributed by atoms with van der Waals surface area (Å²) < 4.78 is 0. The van der Waals surface area contributed by atoms with Gasteiger partial charge in [-0.3, -0.25) is 0 Å². The number of hydrogen-bond acceptors (Lipinski definition) is 4. The van der Waals surface area contributed by atoms with E-state index < -0.39 is 0 Å². The first kappa shape index (κ1) is 11.5. The summed E-state index contributed by atoms with van der Waals surface area (Å²) in [6.07, 6.45) is 8.20. The molecule has 0 saturated heterocycles. The van der Waals surface area contributed by atoms with Crippen LogP contribution in [0.15, 0.2) is 6.07 Å². The first-order valence-electron chi connectivity index (χ1n) is 7.60. The summed E-state index contributed by atoms with van der Waals surface area (Å²) in [5, 5.41) is 6.72. The lowest BCUT2D eigenvalue weighted by Crippen LogP contribution is -2.18. The van der Waals surface area contributed by atoms with Gasteiger partial charge in [0.15, 0.2) is 0 Å². The van der Waals surface area contributed by atoms with Crippen LogP contribution in [0.2, 0.25) is 0 Å². The van der Waals surface area contributed by atoms with Gasteiger partial charge in [-0.05, 0) is 49.9 Å². The van der Waals surface area contributed by atoms with Gasteiger partial charge in [0.1, 0.15) is 17.5 Å². The van der Waals surface area contributed by atoms with Crippen molar-refractivity contribution in [2.75, 3.05) is 24.2 Å². The topological polar surface area (TPSA) is 49.8 Å². The van der Waals surface area contributed by atoms with E-state index in [1.54, 1.807) is 0 Å². The van der Waals surface area contributed by atoms with Crippen molar-refractivity contribution in [3.8, 4) is 0 Å². The molecule has 0 bridgehead atoms. The van der Waals surface area contributed by atoms with Gasteiger partial charge in [0.05, 0.1) is 0 Å². The van der Waals surface area contributed by atoms with Crippen LogP contribution in [0, 0.1) is 11.3 Å². The molecular weight excluding hydrogens is 236 g/mol. The van der Waals surface area contributed by atoms with Crippen LogP contribution in [0.25, 0.3) is 0 Å². The Morgan fingerprint density at radius 3 is 2.47 bits per heavy atom. The van der Waals surface area contributed by atoms with Gasteiger partial charge in [0.2, 0.25) is 0 Å². The standard InChI is InChI=1S/C15H22N4/c1-16-12-8-13(19-14(18-12)10-2-3-10)17-9-15(6-7-15)11-4-5-11/h8,10-11H,2-7,9H2,1H3,(H2,16,17,18,19). The normalized spacial score (nSPS) is 24.1. The summed E-state index contributed by atoms with van der Waals surface area (Å²) in [7, 11) is 1.93. The summed E-state index contributed by atoms with van der Waals surface area (Å²) in [5.74, 6) is 4.56. The van der Waals surface area contributed by atoms with E-state index in [-0.39, 0.29) is 0 Å². The Balaban J connectivity index is 1.48. The fourth-order valence-electron chi connectivity index (χ4n) is 3.06. The average Bonchev–Trinajstić information content (AvgIpc) is 3.32. The number of rotatable bonds is 6. The molecule has 4 heteroatoms. The second-order valence-corrected chi connectivity index (χ2v) is 6.51. The van der Waals surface area contributed by atoms with Crippen molar-refractivity contribution in [3.05, 3.63) is 11.9 Å². The third-order valence-electron chi connectivity index (χ3n) is 4.90. The van der Waals surface area contributed by atoms with Crippen molar-refractivity contribution in [2.45, 2.75) is 44.4 Å². The molecule has 0 atom stereocenters. The number of hydrogen-bond donors (Lipinski definition) is 2. The molecule has 0 aliphatic heterocycles. The highest BCUT2D eigenvalue weighted by molar-refractivity contribution is 5.48. The molecule has 1 heterocycles. The van der Waals surface area contributed by atoms with Crippen molar-refractivity contribution >= 4 is 11.6 Å². The highest BCUT2D eigenvalue weighted by atomic mass is 15.1. The van der Waals surface area contributed by atoms with E-state index in [0.29, 0.717) is 11.3 Å². The Kier molecular flexibility index (Phi) is 2.47. The molecule has 3 aliphatic rings. The van der Waals surface area contributed by atoms with Crippen molar-refractivity contribution in [1.29, 1.82) is 0 Å². The molecule has 4 nitrogen and oxygen atoms in total. The molecule has 3 fully saturated rings. The maximum atomic E-state index is 4.69. The van der Waals surface area contributed by atoms with E-state index in [9.17, 15) is 0 Å². The van der Waals surface area contributed by atoms with Crippen LogP contribution in [0.4, 0.5) is 11.6 Å². The molecule has 102 valence electrons. The molecule has 0 spiro atoms. The minimum atomic E-state index is 0.604. The van der Waals surface area contributed by atoms with Gasteiger partial charge in [0, 0.05) is 25.6 Å². The molecule has 3 saturated carbocycles. The van der Waals surface area contributed by atoms with Gasteiger partial charge in [-0.2, -0.15) is 0 Å². The van der Waals surface area contributed by atoms with E-state index in [1.807, 2.05) is 13.1 Å². The lowest BCUT2D eigenvalue weighted by Gasteiger charge is -2.16. The Morgan fingerprint density at radius 2 is 1.89 bits per heavy atom. The second-order valence-electron chi connectivity index (χ2n) is 6.51. The number of anilines is 2. The van der Waals surface area contributed by atoms with Gasteiger partial charge < -0.3 is 10.6 Å². The Hall–Kier alpha value is -1.32. The van der Waals surface area contributed by atoms with Crippen molar-refractivity contribution < 1.29 is 0 Å². The van der Waals surface area contributed by atoms with E-state index >= 15 is 0 Å². The first-order valence-corrected chi connectivity index (χ1v) is 7.60. The molecule has 0 aromatic carbocycles. The lowest BCUT2D eigenvalue weighted by molar-refractivity contribution is 0.466. The largest absolute Gasteiger partial charge is 0.373 e. The summed E-state index contributed by atoms with van der Waals surface area (Å²) >= 11 is 0. The molecule has 2 N–H and O–H groups in total. The molecule has 1 aromatic rings. The highest BCUT2D eigenvalue weighted by Crippen LogP contribution is 2.61. The summed E-state index contributed by atoms with van der Waals surface area (Å²) in [5.41, 5.74) is 0.616. The van der Waals surface area contributed by atoms with Crippen LogP contribution < -0.4 is 10.6 Å². The fraction of sp³-hybridized carbons (Fsp3) is 0.733. The van der Waals surface area contributed by atoms with Crippen molar-refractivity contribution in [2.24, 2.45) is 11.3 Å². The summed E-state index contributed by atoms with van der Waals surface area (Å²) in [4.78, 5) is 9.25. The number of nitrogens with one attached hydrogen (secondary N) is 2. The Morgan fingerprint density at radius 1 is 1.16 bits per heavy atom. The van der Waals surface area contributed by atoms with E-state index in [2.05, 4.69) is 15.6 Å². The van der Waals surface area contributed by atoms with Crippen LogP contribution in [0.5, 0.6) is 0 Å². The second kappa shape index (κ2) is 4.09. The van der Waals surface area contributed by atoms with E-state index in [0.717, 1.165) is 29.9 Å². The Labute approximate surface area is 114 Å². The third kappa shape index (κ3) is 2.28. The molecule has 0 radical (unpaired) electrons. The SMILES string of the molecule is CNc1cc(NCC2(C3CC3)CC2)nc(C2CC2)n1. The zero-order chi connectivity index (χ0) is 12.9. The fourth-order valence-corrected chi connectivity index (χ4v) is 3.06. The monoisotopic (exact) mass is 258 g/mol. The van der Waals surface area contributed by atoms with Gasteiger partial charge in [-0.25, -0.2) is 9.97 Å². The van der Waals surface area contributed by atoms with Crippen molar-refractivity contribution in [3.63, 3.8) is 0 Å². The zero-order valence-corrected chi connectivity index (χ0v) is 11.6. The van der Waals surface area contributed by atoms with Gasteiger partial charge in [0.25, 0.3) is 0 Å². The molecule has 1 aromatic heterocycles. The molecule has 0 unspecified atom stereocenters. The maximum absolute atomic E-state index is 4.69. The van der Waals surface area contributed by atoms with E-state index in [1.165, 1.54) is 38.5 Å². The van der Waals surface area contributed by atoms with Crippen LogP contribution >= 0.6 is 0 Å². The minimum Gasteiger partial charge on any atom is -0.373 e. The van der Waals surface area contributed by atoms with Crippen molar-refractivity contribution in [1.82, 2.24) is 9.97 Å². The lowest BCUT2D eigenvalue weighted by atomic mass is 10.0. The number of nitrogens with zero attached hydrogens (tertiary/aromatic N) is 2. The van der Waals surface area contributed by atoms with Crippen LogP contribution in [0.1, 0.15) is 50.3 Å². The molecule has 0 amide bonds. The average molecular weight is 258 g/mol. The third-order valence-corrected chi connectivity index (χ3v) is 4.90. The zero-order valence-electron chi connectivity index (χ0n) is 11.6.